The zero-order valence-corrected chi connectivity index (χ0v) is 10.3. The molecule has 5 heteroatoms. The van der Waals surface area contributed by atoms with E-state index in [4.69, 9.17) is 16.6 Å². The molecule has 1 amide bonds. The Bertz CT molecular complexity index is 440. The van der Waals surface area contributed by atoms with Crippen molar-refractivity contribution in [2.24, 2.45) is 5.92 Å². The number of piperidine rings is 1. The molecule has 0 atom stereocenters. The zero-order valence-electron chi connectivity index (χ0n) is 10.3. The molecule has 1 heterocycles. The number of carbonyl (C=O) groups excluding carboxylic acids is 1. The molecule has 5 nitrogen and oxygen atoms in total. The van der Waals surface area contributed by atoms with Gasteiger partial charge in [0.2, 0.25) is 0 Å². The quantitative estimate of drug-likeness (QED) is 0.672. The van der Waals surface area contributed by atoms with E-state index in [0.29, 0.717) is 35.9 Å². The average Bonchev–Trinajstić information content (AvgIpc) is 2.38. The van der Waals surface area contributed by atoms with Crippen molar-refractivity contribution < 1.29 is 9.90 Å². The molecule has 0 radical (unpaired) electrons. The standard InChI is InChI=1S/C13H19N3O2/c14-10-1-2-11(12(15)7-10)13(18)16-5-3-9(8-17)4-6-16/h1-2,7,9,17H,3-6,8,14-15H2. The highest BCUT2D eigenvalue weighted by molar-refractivity contribution is 5.99. The molecular formula is C13H19N3O2. The van der Waals surface area contributed by atoms with Crippen molar-refractivity contribution in [3.05, 3.63) is 23.8 Å². The summed E-state index contributed by atoms with van der Waals surface area (Å²) in [6.45, 7) is 1.55. The summed E-state index contributed by atoms with van der Waals surface area (Å²) in [7, 11) is 0. The van der Waals surface area contributed by atoms with Gasteiger partial charge in [0.05, 0.1) is 5.56 Å². The second kappa shape index (κ2) is 5.27. The smallest absolute Gasteiger partial charge is 0.255 e. The van der Waals surface area contributed by atoms with Crippen LogP contribution in [0.4, 0.5) is 11.4 Å². The zero-order chi connectivity index (χ0) is 13.1. The van der Waals surface area contributed by atoms with Crippen LogP contribution < -0.4 is 11.5 Å². The Morgan fingerprint density at radius 1 is 1.33 bits per heavy atom. The van der Waals surface area contributed by atoms with Gasteiger partial charge < -0.3 is 21.5 Å². The number of amides is 1. The van der Waals surface area contributed by atoms with E-state index in [1.807, 2.05) is 0 Å². The minimum absolute atomic E-state index is 0.0520. The summed E-state index contributed by atoms with van der Waals surface area (Å²) in [5.41, 5.74) is 12.9. The first-order valence-corrected chi connectivity index (χ1v) is 6.17. The number of aliphatic hydroxyl groups is 1. The summed E-state index contributed by atoms with van der Waals surface area (Å²) < 4.78 is 0. The molecular weight excluding hydrogens is 230 g/mol. The van der Waals surface area contributed by atoms with E-state index in [-0.39, 0.29) is 12.5 Å². The van der Waals surface area contributed by atoms with Crippen LogP contribution in [0.3, 0.4) is 0 Å². The van der Waals surface area contributed by atoms with Gasteiger partial charge in [0.25, 0.3) is 5.91 Å². The monoisotopic (exact) mass is 249 g/mol. The molecule has 0 aromatic heterocycles. The average molecular weight is 249 g/mol. The highest BCUT2D eigenvalue weighted by Crippen LogP contribution is 2.22. The van der Waals surface area contributed by atoms with E-state index >= 15 is 0 Å². The van der Waals surface area contributed by atoms with Crippen LogP contribution in [-0.4, -0.2) is 35.6 Å². The number of likely N-dealkylation sites (tertiary alicyclic amines) is 1. The van der Waals surface area contributed by atoms with Crippen LogP contribution in [0, 0.1) is 5.92 Å². The van der Waals surface area contributed by atoms with Crippen molar-refractivity contribution >= 4 is 17.3 Å². The van der Waals surface area contributed by atoms with E-state index < -0.39 is 0 Å². The topological polar surface area (TPSA) is 92.6 Å². The maximum Gasteiger partial charge on any atom is 0.255 e. The van der Waals surface area contributed by atoms with Crippen molar-refractivity contribution in [3.63, 3.8) is 0 Å². The van der Waals surface area contributed by atoms with Gasteiger partial charge in [-0.1, -0.05) is 0 Å². The number of benzene rings is 1. The lowest BCUT2D eigenvalue weighted by atomic mass is 9.97. The molecule has 1 saturated heterocycles. The molecule has 1 aliphatic rings. The van der Waals surface area contributed by atoms with Crippen molar-refractivity contribution in [1.82, 2.24) is 4.90 Å². The lowest BCUT2D eigenvalue weighted by Gasteiger charge is -2.31. The number of nitrogens with zero attached hydrogens (tertiary/aromatic N) is 1. The summed E-state index contributed by atoms with van der Waals surface area (Å²) >= 11 is 0. The second-order valence-electron chi connectivity index (χ2n) is 4.76. The molecule has 0 aliphatic carbocycles. The first-order valence-electron chi connectivity index (χ1n) is 6.17. The third kappa shape index (κ3) is 2.56. The van der Waals surface area contributed by atoms with Crippen LogP contribution >= 0.6 is 0 Å². The molecule has 0 unspecified atom stereocenters. The summed E-state index contributed by atoms with van der Waals surface area (Å²) in [5.74, 6) is 0.265. The van der Waals surface area contributed by atoms with Gasteiger partial charge in [-0.3, -0.25) is 4.79 Å². The molecule has 1 fully saturated rings. The summed E-state index contributed by atoms with van der Waals surface area (Å²) in [6.07, 6.45) is 1.69. The van der Waals surface area contributed by atoms with E-state index in [2.05, 4.69) is 0 Å². The minimum atomic E-state index is -0.0520. The van der Waals surface area contributed by atoms with Crippen molar-refractivity contribution in [2.75, 3.05) is 31.2 Å². The van der Waals surface area contributed by atoms with Gasteiger partial charge >= 0.3 is 0 Å². The molecule has 0 bridgehead atoms. The molecule has 1 aliphatic heterocycles. The number of nitrogen functional groups attached to an aromatic ring is 2. The Morgan fingerprint density at radius 3 is 2.56 bits per heavy atom. The third-order valence-electron chi connectivity index (χ3n) is 3.47. The Labute approximate surface area is 106 Å². The highest BCUT2D eigenvalue weighted by atomic mass is 16.3. The van der Waals surface area contributed by atoms with E-state index in [1.165, 1.54) is 0 Å². The van der Waals surface area contributed by atoms with Gasteiger partial charge in [0.1, 0.15) is 0 Å². The summed E-state index contributed by atoms with van der Waals surface area (Å²) in [5, 5.41) is 9.07. The van der Waals surface area contributed by atoms with E-state index in [9.17, 15) is 4.79 Å². The van der Waals surface area contributed by atoms with Gasteiger partial charge in [-0.15, -0.1) is 0 Å². The normalized spacial score (nSPS) is 16.8. The Kier molecular flexibility index (Phi) is 3.72. The van der Waals surface area contributed by atoms with Gasteiger partial charge in [-0.25, -0.2) is 0 Å². The van der Waals surface area contributed by atoms with Crippen molar-refractivity contribution in [1.29, 1.82) is 0 Å². The fourth-order valence-corrected chi connectivity index (χ4v) is 2.26. The van der Waals surface area contributed by atoms with Crippen molar-refractivity contribution in [2.45, 2.75) is 12.8 Å². The molecule has 5 N–H and O–H groups in total. The first kappa shape index (κ1) is 12.7. The van der Waals surface area contributed by atoms with Gasteiger partial charge in [-0.05, 0) is 37.0 Å². The minimum Gasteiger partial charge on any atom is -0.399 e. The molecule has 18 heavy (non-hydrogen) atoms. The number of aliphatic hydroxyl groups excluding tert-OH is 1. The Balaban J connectivity index is 2.08. The maximum absolute atomic E-state index is 12.3. The fraction of sp³-hybridized carbons (Fsp3) is 0.462. The molecule has 1 aromatic rings. The first-order chi connectivity index (χ1) is 8.61. The SMILES string of the molecule is Nc1ccc(C(=O)N2CCC(CO)CC2)c(N)c1. The van der Waals surface area contributed by atoms with Gasteiger partial charge in [0.15, 0.2) is 0 Å². The lowest BCUT2D eigenvalue weighted by Crippen LogP contribution is -2.39. The molecule has 1 aromatic carbocycles. The van der Waals surface area contributed by atoms with Crippen LogP contribution in [0.5, 0.6) is 0 Å². The fourth-order valence-electron chi connectivity index (χ4n) is 2.26. The number of hydrogen-bond donors (Lipinski definition) is 3. The molecule has 0 spiro atoms. The van der Waals surface area contributed by atoms with Gasteiger partial charge in [-0.2, -0.15) is 0 Å². The van der Waals surface area contributed by atoms with Gasteiger partial charge in [0, 0.05) is 31.1 Å². The van der Waals surface area contributed by atoms with Crippen LogP contribution in [-0.2, 0) is 0 Å². The number of hydrogen-bond acceptors (Lipinski definition) is 4. The predicted octanol–water partition coefficient (Wildman–Crippen LogP) is 0.695. The molecule has 98 valence electrons. The van der Waals surface area contributed by atoms with Crippen LogP contribution in [0.25, 0.3) is 0 Å². The largest absolute Gasteiger partial charge is 0.399 e. The van der Waals surface area contributed by atoms with E-state index in [1.54, 1.807) is 23.1 Å². The second-order valence-corrected chi connectivity index (χ2v) is 4.76. The molecule has 2 rings (SSSR count). The lowest BCUT2D eigenvalue weighted by molar-refractivity contribution is 0.0652. The summed E-state index contributed by atoms with van der Waals surface area (Å²) in [6, 6.07) is 4.96. The molecule has 0 saturated carbocycles. The van der Waals surface area contributed by atoms with Crippen LogP contribution in [0.1, 0.15) is 23.2 Å². The van der Waals surface area contributed by atoms with Crippen LogP contribution in [0.15, 0.2) is 18.2 Å². The third-order valence-corrected chi connectivity index (χ3v) is 3.47. The summed E-state index contributed by atoms with van der Waals surface area (Å²) in [4.78, 5) is 14.1. The Hall–Kier alpha value is -1.75. The van der Waals surface area contributed by atoms with E-state index in [0.717, 1.165) is 12.8 Å². The Morgan fingerprint density at radius 2 is 2.00 bits per heavy atom. The predicted molar refractivity (Wildman–Crippen MR) is 71.0 cm³/mol. The number of nitrogens with two attached hydrogens (primary N) is 2. The number of rotatable bonds is 2. The van der Waals surface area contributed by atoms with Crippen LogP contribution in [0.2, 0.25) is 0 Å². The maximum atomic E-state index is 12.3. The number of anilines is 2. The highest BCUT2D eigenvalue weighted by Gasteiger charge is 2.24. The van der Waals surface area contributed by atoms with Crippen molar-refractivity contribution in [3.8, 4) is 0 Å². The number of carbonyl (C=O) groups is 1.